The van der Waals surface area contributed by atoms with Gasteiger partial charge in [-0.1, -0.05) is 19.9 Å². The summed E-state index contributed by atoms with van der Waals surface area (Å²) in [5.74, 6) is 2.04. The van der Waals surface area contributed by atoms with E-state index in [-0.39, 0.29) is 0 Å². The third kappa shape index (κ3) is 5.34. The second kappa shape index (κ2) is 10.4. The van der Waals surface area contributed by atoms with Crippen LogP contribution in [0.15, 0.2) is 36.5 Å². The number of aromatic amines is 1. The molecule has 5 rings (SSSR count). The number of likely N-dealkylation sites (tertiary alicyclic amines) is 2. The minimum Gasteiger partial charge on any atom is -0.354 e. The Labute approximate surface area is 212 Å². The summed E-state index contributed by atoms with van der Waals surface area (Å²) in [4.78, 5) is 13.5. The van der Waals surface area contributed by atoms with Crippen LogP contribution in [0.25, 0.3) is 22.2 Å². The van der Waals surface area contributed by atoms with Gasteiger partial charge in [-0.25, -0.2) is 0 Å². The lowest BCUT2D eigenvalue weighted by Gasteiger charge is -2.39. The molecule has 0 unspecified atom stereocenters. The molecule has 2 saturated heterocycles. The van der Waals surface area contributed by atoms with Crippen LogP contribution in [0.5, 0.6) is 0 Å². The lowest BCUT2D eigenvalue weighted by atomic mass is 9.86. The summed E-state index contributed by atoms with van der Waals surface area (Å²) in [6.45, 7) is 17.7. The SMILES string of the molecule is Cc1cc(-c2[nH]c3ccc(C4CCN(CC5CCN(C(C)C)CC5)CC4)cc3c2C(C)C)ccn1. The molecule has 0 amide bonds. The molecule has 188 valence electrons. The predicted octanol–water partition coefficient (Wildman–Crippen LogP) is 6.96. The fourth-order valence-electron chi connectivity index (χ4n) is 6.48. The minimum atomic E-state index is 0.464. The molecule has 0 spiro atoms. The van der Waals surface area contributed by atoms with E-state index in [1.807, 2.05) is 6.20 Å². The van der Waals surface area contributed by atoms with Crippen molar-refractivity contribution in [3.63, 3.8) is 0 Å². The lowest BCUT2D eigenvalue weighted by molar-refractivity contribution is 0.111. The summed E-state index contributed by atoms with van der Waals surface area (Å²) in [6, 6.07) is 12.2. The average Bonchev–Trinajstić information content (AvgIpc) is 3.24. The van der Waals surface area contributed by atoms with Gasteiger partial charge < -0.3 is 14.8 Å². The van der Waals surface area contributed by atoms with Crippen LogP contribution in [0.3, 0.4) is 0 Å². The van der Waals surface area contributed by atoms with Gasteiger partial charge >= 0.3 is 0 Å². The zero-order valence-electron chi connectivity index (χ0n) is 22.5. The number of nitrogens with zero attached hydrogens (tertiary/aromatic N) is 3. The number of piperidine rings is 2. The lowest BCUT2D eigenvalue weighted by Crippen LogP contribution is -2.43. The van der Waals surface area contributed by atoms with Gasteiger partial charge in [0.15, 0.2) is 0 Å². The van der Waals surface area contributed by atoms with E-state index in [0.717, 1.165) is 11.6 Å². The van der Waals surface area contributed by atoms with E-state index >= 15 is 0 Å². The first kappa shape index (κ1) is 24.5. The van der Waals surface area contributed by atoms with Crippen LogP contribution in [0.1, 0.15) is 82.0 Å². The summed E-state index contributed by atoms with van der Waals surface area (Å²) in [6.07, 6.45) is 7.24. The smallest absolute Gasteiger partial charge is 0.0501 e. The van der Waals surface area contributed by atoms with Crippen LogP contribution in [0.2, 0.25) is 0 Å². The van der Waals surface area contributed by atoms with Gasteiger partial charge in [0, 0.05) is 40.9 Å². The Balaban J connectivity index is 1.27. The molecule has 1 N–H and O–H groups in total. The van der Waals surface area contributed by atoms with Crippen molar-refractivity contribution in [2.75, 3.05) is 32.7 Å². The third-order valence-electron chi connectivity index (χ3n) is 8.58. The highest BCUT2D eigenvalue weighted by molar-refractivity contribution is 5.92. The number of hydrogen-bond donors (Lipinski definition) is 1. The Kier molecular flexibility index (Phi) is 7.31. The molecule has 2 aliphatic rings. The summed E-state index contributed by atoms with van der Waals surface area (Å²) in [5.41, 5.74) is 7.79. The molecular weight excluding hydrogens is 428 g/mol. The average molecular weight is 473 g/mol. The molecule has 35 heavy (non-hydrogen) atoms. The van der Waals surface area contributed by atoms with Gasteiger partial charge in [-0.05, 0) is 126 Å². The van der Waals surface area contributed by atoms with E-state index < -0.39 is 0 Å². The van der Waals surface area contributed by atoms with E-state index in [1.54, 1.807) is 0 Å². The number of fused-ring (bicyclic) bond motifs is 1. The van der Waals surface area contributed by atoms with Gasteiger partial charge in [0.2, 0.25) is 0 Å². The van der Waals surface area contributed by atoms with Crippen LogP contribution < -0.4 is 0 Å². The van der Waals surface area contributed by atoms with Crippen molar-refractivity contribution in [1.82, 2.24) is 19.8 Å². The number of nitrogens with one attached hydrogen (secondary N) is 1. The number of pyridine rings is 1. The maximum atomic E-state index is 4.40. The van der Waals surface area contributed by atoms with Crippen LogP contribution in [-0.2, 0) is 0 Å². The summed E-state index contributed by atoms with van der Waals surface area (Å²) >= 11 is 0. The third-order valence-corrected chi connectivity index (χ3v) is 8.58. The minimum absolute atomic E-state index is 0.464. The normalized spacial score (nSPS) is 19.4. The van der Waals surface area contributed by atoms with Gasteiger partial charge in [0.25, 0.3) is 0 Å². The number of aryl methyl sites for hydroxylation is 1. The van der Waals surface area contributed by atoms with Crippen molar-refractivity contribution in [3.05, 3.63) is 53.3 Å². The van der Waals surface area contributed by atoms with E-state index in [9.17, 15) is 0 Å². The highest BCUT2D eigenvalue weighted by Gasteiger charge is 2.26. The van der Waals surface area contributed by atoms with Crippen LogP contribution in [-0.4, -0.2) is 58.5 Å². The second-order valence-corrected chi connectivity index (χ2v) is 11.7. The maximum Gasteiger partial charge on any atom is 0.0501 e. The fraction of sp³-hybridized carbons (Fsp3) is 0.581. The molecule has 1 aromatic carbocycles. The molecule has 4 heteroatoms. The molecule has 2 fully saturated rings. The molecule has 0 saturated carbocycles. The van der Waals surface area contributed by atoms with E-state index in [0.29, 0.717) is 17.9 Å². The molecule has 2 aliphatic heterocycles. The van der Waals surface area contributed by atoms with Crippen molar-refractivity contribution in [1.29, 1.82) is 0 Å². The molecule has 4 heterocycles. The topological polar surface area (TPSA) is 35.2 Å². The Bertz CT molecular complexity index is 1130. The van der Waals surface area contributed by atoms with E-state index in [2.05, 4.69) is 84.7 Å². The molecule has 4 nitrogen and oxygen atoms in total. The first-order chi connectivity index (χ1) is 16.9. The molecule has 0 aliphatic carbocycles. The van der Waals surface area contributed by atoms with Crippen molar-refractivity contribution in [2.45, 2.75) is 78.2 Å². The first-order valence-corrected chi connectivity index (χ1v) is 13.9. The molecule has 2 aromatic heterocycles. The van der Waals surface area contributed by atoms with Gasteiger partial charge in [-0.15, -0.1) is 0 Å². The Hall–Kier alpha value is -2.17. The van der Waals surface area contributed by atoms with Crippen molar-refractivity contribution < 1.29 is 0 Å². The Morgan fingerprint density at radius 1 is 0.943 bits per heavy atom. The molecule has 3 aromatic rings. The fourth-order valence-corrected chi connectivity index (χ4v) is 6.48. The predicted molar refractivity (Wildman–Crippen MR) is 148 cm³/mol. The van der Waals surface area contributed by atoms with Crippen molar-refractivity contribution in [2.24, 2.45) is 5.92 Å². The van der Waals surface area contributed by atoms with Gasteiger partial charge in [0.1, 0.15) is 0 Å². The monoisotopic (exact) mass is 472 g/mol. The molecule has 0 radical (unpaired) electrons. The Morgan fingerprint density at radius 3 is 2.34 bits per heavy atom. The standard InChI is InChI=1S/C31H44N4/c1-21(2)30-28-19-26(6-7-29(28)33-31(30)27-8-13-32-23(5)18-27)25-11-14-34(15-12-25)20-24-9-16-35(17-10-24)22(3)4/h6-8,13,18-19,21-22,24-25,33H,9-12,14-17,20H2,1-5H3. The van der Waals surface area contributed by atoms with Gasteiger partial charge in [0.05, 0.1) is 5.69 Å². The van der Waals surface area contributed by atoms with Crippen LogP contribution in [0, 0.1) is 12.8 Å². The summed E-state index contributed by atoms with van der Waals surface area (Å²) in [7, 11) is 0. The number of aromatic nitrogens is 2. The molecule has 0 atom stereocenters. The second-order valence-electron chi connectivity index (χ2n) is 11.7. The summed E-state index contributed by atoms with van der Waals surface area (Å²) < 4.78 is 0. The van der Waals surface area contributed by atoms with E-state index in [1.165, 1.54) is 91.7 Å². The quantitative estimate of drug-likeness (QED) is 0.421. The van der Waals surface area contributed by atoms with E-state index in [4.69, 9.17) is 0 Å². The number of H-pyrrole nitrogens is 1. The number of benzene rings is 1. The van der Waals surface area contributed by atoms with Crippen molar-refractivity contribution >= 4 is 10.9 Å². The van der Waals surface area contributed by atoms with Crippen LogP contribution in [0.4, 0.5) is 0 Å². The molecular formula is C31H44N4. The van der Waals surface area contributed by atoms with Crippen LogP contribution >= 0.6 is 0 Å². The largest absolute Gasteiger partial charge is 0.354 e. The molecule has 0 bridgehead atoms. The number of rotatable bonds is 6. The number of hydrogen-bond acceptors (Lipinski definition) is 3. The summed E-state index contributed by atoms with van der Waals surface area (Å²) in [5, 5.41) is 1.40. The van der Waals surface area contributed by atoms with Crippen molar-refractivity contribution in [3.8, 4) is 11.3 Å². The Morgan fingerprint density at radius 2 is 1.69 bits per heavy atom. The zero-order valence-corrected chi connectivity index (χ0v) is 22.5. The first-order valence-electron chi connectivity index (χ1n) is 13.9. The zero-order chi connectivity index (χ0) is 24.5. The van der Waals surface area contributed by atoms with Gasteiger partial charge in [-0.2, -0.15) is 0 Å². The maximum absolute atomic E-state index is 4.40. The van der Waals surface area contributed by atoms with Gasteiger partial charge in [-0.3, -0.25) is 4.98 Å². The highest BCUT2D eigenvalue weighted by Crippen LogP contribution is 2.38. The highest BCUT2D eigenvalue weighted by atomic mass is 15.2.